The molecule has 0 bridgehead atoms. The number of amides is 1. The number of rotatable bonds is 6. The molecule has 1 amide bonds. The largest absolute Gasteiger partial charge is 0.482 e. The Kier molecular flexibility index (Phi) is 6.38. The van der Waals surface area contributed by atoms with Crippen molar-refractivity contribution >= 4 is 29.2 Å². The van der Waals surface area contributed by atoms with E-state index in [-0.39, 0.29) is 6.61 Å². The lowest BCUT2D eigenvalue weighted by Gasteiger charge is -2.10. The van der Waals surface area contributed by atoms with Gasteiger partial charge < -0.3 is 14.8 Å². The summed E-state index contributed by atoms with van der Waals surface area (Å²) >= 11 is 5.84. The van der Waals surface area contributed by atoms with E-state index in [1.165, 1.54) is 0 Å². The standard InChI is InChI=1S/C18H15ClN2O4/c1-12-8-14(19)6-7-16(12)24-11-18(23)25-10-17(22)21-15-5-3-2-4-13(15)9-20/h2-8H,10-11H2,1H3,(H,21,22). The van der Waals surface area contributed by atoms with Crippen molar-refractivity contribution in [2.45, 2.75) is 6.92 Å². The molecule has 0 aliphatic rings. The maximum atomic E-state index is 11.8. The first kappa shape index (κ1) is 18.3. The number of para-hydroxylation sites is 1. The second-order valence-corrected chi connectivity index (χ2v) is 5.50. The summed E-state index contributed by atoms with van der Waals surface area (Å²) in [6.45, 7) is 0.999. The van der Waals surface area contributed by atoms with Gasteiger partial charge in [-0.3, -0.25) is 4.79 Å². The highest BCUT2D eigenvalue weighted by atomic mass is 35.5. The number of carbonyl (C=O) groups is 2. The lowest BCUT2D eigenvalue weighted by molar-refractivity contribution is -0.149. The molecule has 0 aromatic heterocycles. The fourth-order valence-corrected chi connectivity index (χ4v) is 2.20. The first-order valence-corrected chi connectivity index (χ1v) is 7.71. The van der Waals surface area contributed by atoms with E-state index in [1.54, 1.807) is 49.4 Å². The molecule has 0 aliphatic carbocycles. The number of nitrogens with one attached hydrogen (secondary N) is 1. The summed E-state index contributed by atoms with van der Waals surface area (Å²) in [5.41, 5.74) is 1.47. The smallest absolute Gasteiger partial charge is 0.344 e. The predicted molar refractivity (Wildman–Crippen MR) is 92.4 cm³/mol. The van der Waals surface area contributed by atoms with Gasteiger partial charge in [0.15, 0.2) is 13.2 Å². The molecular formula is C18H15ClN2O4. The Morgan fingerprint density at radius 1 is 1.20 bits per heavy atom. The summed E-state index contributed by atoms with van der Waals surface area (Å²) in [7, 11) is 0. The van der Waals surface area contributed by atoms with Gasteiger partial charge in [0.1, 0.15) is 11.8 Å². The third kappa shape index (κ3) is 5.52. The molecule has 128 valence electrons. The van der Waals surface area contributed by atoms with E-state index in [2.05, 4.69) is 5.32 Å². The number of hydrogen-bond acceptors (Lipinski definition) is 5. The maximum absolute atomic E-state index is 11.8. The van der Waals surface area contributed by atoms with E-state index >= 15 is 0 Å². The Balaban J connectivity index is 1.79. The molecule has 1 N–H and O–H groups in total. The van der Waals surface area contributed by atoms with Crippen molar-refractivity contribution in [1.29, 1.82) is 5.26 Å². The van der Waals surface area contributed by atoms with Crippen LogP contribution in [0.4, 0.5) is 5.69 Å². The van der Waals surface area contributed by atoms with Crippen molar-refractivity contribution in [2.24, 2.45) is 0 Å². The molecule has 2 aromatic carbocycles. The zero-order chi connectivity index (χ0) is 18.2. The Bertz CT molecular complexity index is 830. The van der Waals surface area contributed by atoms with Gasteiger partial charge in [-0.1, -0.05) is 23.7 Å². The molecule has 0 heterocycles. The van der Waals surface area contributed by atoms with E-state index in [1.807, 2.05) is 6.07 Å². The van der Waals surface area contributed by atoms with Gasteiger partial charge in [-0.15, -0.1) is 0 Å². The van der Waals surface area contributed by atoms with Gasteiger partial charge in [-0.25, -0.2) is 4.79 Å². The topological polar surface area (TPSA) is 88.4 Å². The highest BCUT2D eigenvalue weighted by Crippen LogP contribution is 2.21. The molecule has 0 spiro atoms. The molecule has 0 aliphatic heterocycles. The zero-order valence-corrected chi connectivity index (χ0v) is 14.2. The van der Waals surface area contributed by atoms with Crippen molar-refractivity contribution in [2.75, 3.05) is 18.5 Å². The van der Waals surface area contributed by atoms with Crippen molar-refractivity contribution in [3.63, 3.8) is 0 Å². The van der Waals surface area contributed by atoms with Crippen LogP contribution in [-0.4, -0.2) is 25.1 Å². The maximum Gasteiger partial charge on any atom is 0.344 e. The minimum Gasteiger partial charge on any atom is -0.482 e. The molecule has 2 aromatic rings. The zero-order valence-electron chi connectivity index (χ0n) is 13.4. The van der Waals surface area contributed by atoms with E-state index in [0.717, 1.165) is 5.56 Å². The monoisotopic (exact) mass is 358 g/mol. The van der Waals surface area contributed by atoms with E-state index in [9.17, 15) is 9.59 Å². The van der Waals surface area contributed by atoms with Crippen LogP contribution in [0.1, 0.15) is 11.1 Å². The second kappa shape index (κ2) is 8.71. The van der Waals surface area contributed by atoms with Crippen LogP contribution in [0.5, 0.6) is 5.75 Å². The number of hydrogen-bond donors (Lipinski definition) is 1. The van der Waals surface area contributed by atoms with Crippen LogP contribution in [0, 0.1) is 18.3 Å². The van der Waals surface area contributed by atoms with E-state index < -0.39 is 18.5 Å². The van der Waals surface area contributed by atoms with Crippen LogP contribution in [0.2, 0.25) is 5.02 Å². The molecule has 0 radical (unpaired) electrons. The number of halogens is 1. The minimum atomic E-state index is -0.682. The van der Waals surface area contributed by atoms with Gasteiger partial charge in [0.2, 0.25) is 0 Å². The molecule has 7 heteroatoms. The third-order valence-corrected chi connectivity index (χ3v) is 3.40. The molecule has 2 rings (SSSR count). The van der Waals surface area contributed by atoms with Gasteiger partial charge in [-0.2, -0.15) is 5.26 Å². The molecule has 0 saturated carbocycles. The summed E-state index contributed by atoms with van der Waals surface area (Å²) in [4.78, 5) is 23.5. The molecule has 0 saturated heterocycles. The van der Waals surface area contributed by atoms with Gasteiger partial charge in [0.25, 0.3) is 5.91 Å². The molecular weight excluding hydrogens is 344 g/mol. The van der Waals surface area contributed by atoms with Crippen LogP contribution < -0.4 is 10.1 Å². The van der Waals surface area contributed by atoms with E-state index in [0.29, 0.717) is 22.0 Å². The van der Waals surface area contributed by atoms with Crippen molar-refractivity contribution in [1.82, 2.24) is 0 Å². The van der Waals surface area contributed by atoms with Gasteiger partial charge >= 0.3 is 5.97 Å². The Hall–Kier alpha value is -3.04. The number of ether oxygens (including phenoxy) is 2. The SMILES string of the molecule is Cc1cc(Cl)ccc1OCC(=O)OCC(=O)Nc1ccccc1C#N. The Labute approximate surface area is 149 Å². The summed E-state index contributed by atoms with van der Waals surface area (Å²) < 4.78 is 10.2. The lowest BCUT2D eigenvalue weighted by Crippen LogP contribution is -2.24. The van der Waals surface area contributed by atoms with Crippen LogP contribution in [0.25, 0.3) is 0 Å². The van der Waals surface area contributed by atoms with Crippen molar-refractivity contribution in [3.8, 4) is 11.8 Å². The van der Waals surface area contributed by atoms with Gasteiger partial charge in [0.05, 0.1) is 11.3 Å². The average molecular weight is 359 g/mol. The molecule has 0 fully saturated rings. The number of nitrogens with zero attached hydrogens (tertiary/aromatic N) is 1. The number of anilines is 1. The normalized spacial score (nSPS) is 9.80. The molecule has 6 nitrogen and oxygen atoms in total. The molecule has 0 atom stereocenters. The van der Waals surface area contributed by atoms with Gasteiger partial charge in [0, 0.05) is 5.02 Å². The number of aryl methyl sites for hydroxylation is 1. The number of nitriles is 1. The van der Waals surface area contributed by atoms with Crippen LogP contribution in [-0.2, 0) is 14.3 Å². The second-order valence-electron chi connectivity index (χ2n) is 5.06. The summed E-state index contributed by atoms with van der Waals surface area (Å²) in [6, 6.07) is 13.5. The summed E-state index contributed by atoms with van der Waals surface area (Å²) in [6.07, 6.45) is 0. The van der Waals surface area contributed by atoms with Crippen LogP contribution >= 0.6 is 11.6 Å². The third-order valence-electron chi connectivity index (χ3n) is 3.17. The van der Waals surface area contributed by atoms with Crippen molar-refractivity contribution < 1.29 is 19.1 Å². The number of benzene rings is 2. The Morgan fingerprint density at radius 3 is 2.68 bits per heavy atom. The fraction of sp³-hybridized carbons (Fsp3) is 0.167. The lowest BCUT2D eigenvalue weighted by atomic mass is 10.2. The predicted octanol–water partition coefficient (Wildman–Crippen LogP) is 3.08. The first-order chi connectivity index (χ1) is 12.0. The number of carbonyl (C=O) groups excluding carboxylic acids is 2. The molecule has 25 heavy (non-hydrogen) atoms. The van der Waals surface area contributed by atoms with Crippen molar-refractivity contribution in [3.05, 3.63) is 58.6 Å². The fourth-order valence-electron chi connectivity index (χ4n) is 1.98. The van der Waals surface area contributed by atoms with Crippen LogP contribution in [0.15, 0.2) is 42.5 Å². The summed E-state index contributed by atoms with van der Waals surface area (Å²) in [5.74, 6) is -0.717. The van der Waals surface area contributed by atoms with Crippen LogP contribution in [0.3, 0.4) is 0 Å². The minimum absolute atomic E-state index is 0.323. The quantitative estimate of drug-likeness (QED) is 0.801. The first-order valence-electron chi connectivity index (χ1n) is 7.33. The average Bonchev–Trinajstić information content (AvgIpc) is 2.59. The van der Waals surface area contributed by atoms with E-state index in [4.69, 9.17) is 26.3 Å². The van der Waals surface area contributed by atoms with Gasteiger partial charge in [-0.05, 0) is 42.8 Å². The number of esters is 1. The highest BCUT2D eigenvalue weighted by molar-refractivity contribution is 6.30. The summed E-state index contributed by atoms with van der Waals surface area (Å²) in [5, 5.41) is 12.0. The Morgan fingerprint density at radius 2 is 1.96 bits per heavy atom. The molecule has 0 unspecified atom stereocenters. The highest BCUT2D eigenvalue weighted by Gasteiger charge is 2.11.